The van der Waals surface area contributed by atoms with Crippen molar-refractivity contribution in [3.05, 3.63) is 22.2 Å². The number of benzene rings is 1. The first-order valence-corrected chi connectivity index (χ1v) is 5.80. The van der Waals surface area contributed by atoms with Gasteiger partial charge in [-0.15, -0.1) is 0 Å². The molecule has 2 N–H and O–H groups in total. The Morgan fingerprint density at radius 1 is 1.40 bits per heavy atom. The predicted octanol–water partition coefficient (Wildman–Crippen LogP) is 2.11. The summed E-state index contributed by atoms with van der Waals surface area (Å²) in [5, 5.41) is 0. The SMILES string of the molecule is CC(N)Cc1ccc2c(c1Br)OCCO2. The normalized spacial score (nSPS) is 16.2. The molecule has 4 heteroatoms. The molecule has 1 heterocycles. The van der Waals surface area contributed by atoms with Crippen molar-refractivity contribution in [2.24, 2.45) is 5.73 Å². The highest BCUT2D eigenvalue weighted by atomic mass is 79.9. The Balaban J connectivity index is 2.34. The van der Waals surface area contributed by atoms with E-state index in [1.165, 1.54) is 0 Å². The fourth-order valence-corrected chi connectivity index (χ4v) is 2.23. The lowest BCUT2D eigenvalue weighted by molar-refractivity contribution is 0.170. The summed E-state index contributed by atoms with van der Waals surface area (Å²) in [7, 11) is 0. The van der Waals surface area contributed by atoms with E-state index in [-0.39, 0.29) is 6.04 Å². The Morgan fingerprint density at radius 2 is 2.13 bits per heavy atom. The number of fused-ring (bicyclic) bond motifs is 1. The minimum atomic E-state index is 0.142. The van der Waals surface area contributed by atoms with E-state index in [2.05, 4.69) is 15.9 Å². The Bertz CT molecular complexity index is 366. The molecule has 0 bridgehead atoms. The molecule has 0 spiro atoms. The topological polar surface area (TPSA) is 44.5 Å². The van der Waals surface area contributed by atoms with Crippen LogP contribution in [-0.2, 0) is 6.42 Å². The molecule has 15 heavy (non-hydrogen) atoms. The van der Waals surface area contributed by atoms with E-state index in [0.29, 0.717) is 13.2 Å². The van der Waals surface area contributed by atoms with Crippen molar-refractivity contribution in [2.45, 2.75) is 19.4 Å². The molecule has 0 radical (unpaired) electrons. The Morgan fingerprint density at radius 3 is 2.87 bits per heavy atom. The third-order valence-electron chi connectivity index (χ3n) is 2.27. The lowest BCUT2D eigenvalue weighted by Gasteiger charge is -2.21. The van der Waals surface area contributed by atoms with Gasteiger partial charge in [0.1, 0.15) is 13.2 Å². The molecule has 1 aromatic carbocycles. The molecule has 0 saturated heterocycles. The third-order valence-corrected chi connectivity index (χ3v) is 3.14. The van der Waals surface area contributed by atoms with Gasteiger partial charge >= 0.3 is 0 Å². The number of hydrogen-bond acceptors (Lipinski definition) is 3. The van der Waals surface area contributed by atoms with Crippen molar-refractivity contribution >= 4 is 15.9 Å². The highest BCUT2D eigenvalue weighted by molar-refractivity contribution is 9.10. The molecule has 2 rings (SSSR count). The first-order chi connectivity index (χ1) is 7.18. The number of ether oxygens (including phenoxy) is 2. The maximum absolute atomic E-state index is 5.78. The fourth-order valence-electron chi connectivity index (χ4n) is 1.63. The molecule has 1 aromatic rings. The zero-order valence-corrected chi connectivity index (χ0v) is 10.2. The highest BCUT2D eigenvalue weighted by Crippen LogP contribution is 2.39. The third kappa shape index (κ3) is 2.26. The molecular formula is C11H14BrNO2. The van der Waals surface area contributed by atoms with Gasteiger partial charge in [0.05, 0.1) is 4.47 Å². The molecule has 3 nitrogen and oxygen atoms in total. The average molecular weight is 272 g/mol. The summed E-state index contributed by atoms with van der Waals surface area (Å²) in [5.74, 6) is 1.61. The van der Waals surface area contributed by atoms with E-state index in [1.807, 2.05) is 19.1 Å². The maximum Gasteiger partial charge on any atom is 0.175 e. The van der Waals surface area contributed by atoms with Gasteiger partial charge in [-0.2, -0.15) is 0 Å². The second kappa shape index (κ2) is 4.41. The predicted molar refractivity (Wildman–Crippen MR) is 62.5 cm³/mol. The van der Waals surface area contributed by atoms with Crippen molar-refractivity contribution in [3.8, 4) is 11.5 Å². The molecular weight excluding hydrogens is 258 g/mol. The molecule has 0 aromatic heterocycles. The van der Waals surface area contributed by atoms with Gasteiger partial charge in [0, 0.05) is 6.04 Å². The van der Waals surface area contributed by atoms with Crippen LogP contribution < -0.4 is 15.2 Å². The number of rotatable bonds is 2. The standard InChI is InChI=1S/C11H14BrNO2/c1-7(13)6-8-2-3-9-11(10(8)12)15-5-4-14-9/h2-3,7H,4-6,13H2,1H3. The maximum atomic E-state index is 5.78. The summed E-state index contributed by atoms with van der Waals surface area (Å²) in [6.07, 6.45) is 0.831. The van der Waals surface area contributed by atoms with Crippen LogP contribution >= 0.6 is 15.9 Å². The van der Waals surface area contributed by atoms with Crippen molar-refractivity contribution in [1.82, 2.24) is 0 Å². The smallest absolute Gasteiger partial charge is 0.175 e. The average Bonchev–Trinajstić information content (AvgIpc) is 2.22. The van der Waals surface area contributed by atoms with E-state index in [0.717, 1.165) is 28.0 Å². The van der Waals surface area contributed by atoms with Crippen LogP contribution in [0.1, 0.15) is 12.5 Å². The zero-order valence-electron chi connectivity index (χ0n) is 8.63. The molecule has 1 unspecified atom stereocenters. The van der Waals surface area contributed by atoms with Crippen LogP contribution in [0, 0.1) is 0 Å². The minimum absolute atomic E-state index is 0.142. The second-order valence-corrected chi connectivity index (χ2v) is 4.54. The van der Waals surface area contributed by atoms with Crippen LogP contribution in [-0.4, -0.2) is 19.3 Å². The van der Waals surface area contributed by atoms with Gasteiger partial charge in [0.15, 0.2) is 11.5 Å². The van der Waals surface area contributed by atoms with E-state index >= 15 is 0 Å². The molecule has 0 aliphatic carbocycles. The first-order valence-electron chi connectivity index (χ1n) is 5.01. The molecule has 1 atom stereocenters. The van der Waals surface area contributed by atoms with Gasteiger partial charge in [-0.25, -0.2) is 0 Å². The van der Waals surface area contributed by atoms with E-state index < -0.39 is 0 Å². The van der Waals surface area contributed by atoms with Crippen LogP contribution in [0.3, 0.4) is 0 Å². The molecule has 0 saturated carbocycles. The van der Waals surface area contributed by atoms with Gasteiger partial charge < -0.3 is 15.2 Å². The highest BCUT2D eigenvalue weighted by Gasteiger charge is 2.17. The fraction of sp³-hybridized carbons (Fsp3) is 0.455. The summed E-state index contributed by atoms with van der Waals surface area (Å²) in [6.45, 7) is 3.21. The van der Waals surface area contributed by atoms with Gasteiger partial charge in [0.2, 0.25) is 0 Å². The molecule has 82 valence electrons. The van der Waals surface area contributed by atoms with Gasteiger partial charge in [-0.05, 0) is 40.9 Å². The van der Waals surface area contributed by atoms with Crippen LogP contribution in [0.15, 0.2) is 16.6 Å². The monoisotopic (exact) mass is 271 g/mol. The Hall–Kier alpha value is -0.740. The summed E-state index contributed by atoms with van der Waals surface area (Å²) in [5.41, 5.74) is 6.94. The van der Waals surface area contributed by atoms with Crippen molar-refractivity contribution < 1.29 is 9.47 Å². The number of nitrogens with two attached hydrogens (primary N) is 1. The number of hydrogen-bond donors (Lipinski definition) is 1. The lowest BCUT2D eigenvalue weighted by atomic mass is 10.1. The van der Waals surface area contributed by atoms with Crippen LogP contribution in [0.4, 0.5) is 0 Å². The van der Waals surface area contributed by atoms with Crippen molar-refractivity contribution in [3.63, 3.8) is 0 Å². The van der Waals surface area contributed by atoms with Gasteiger partial charge in [-0.1, -0.05) is 6.07 Å². The minimum Gasteiger partial charge on any atom is -0.486 e. The Kier molecular flexibility index (Phi) is 3.17. The van der Waals surface area contributed by atoms with Crippen molar-refractivity contribution in [1.29, 1.82) is 0 Å². The Labute approximate surface area is 97.7 Å². The molecule has 1 aliphatic rings. The molecule has 0 amide bonds. The quantitative estimate of drug-likeness (QED) is 0.896. The molecule has 1 aliphatic heterocycles. The lowest BCUT2D eigenvalue weighted by Crippen LogP contribution is -2.19. The van der Waals surface area contributed by atoms with Crippen LogP contribution in [0.25, 0.3) is 0 Å². The summed E-state index contributed by atoms with van der Waals surface area (Å²) < 4.78 is 12.0. The van der Waals surface area contributed by atoms with E-state index in [1.54, 1.807) is 0 Å². The molecule has 0 fully saturated rings. The summed E-state index contributed by atoms with van der Waals surface area (Å²) in [6, 6.07) is 4.11. The largest absolute Gasteiger partial charge is 0.486 e. The number of halogens is 1. The first kappa shape index (κ1) is 10.8. The van der Waals surface area contributed by atoms with Crippen molar-refractivity contribution in [2.75, 3.05) is 13.2 Å². The second-order valence-electron chi connectivity index (χ2n) is 3.74. The van der Waals surface area contributed by atoms with Crippen LogP contribution in [0.5, 0.6) is 11.5 Å². The summed E-state index contributed by atoms with van der Waals surface area (Å²) in [4.78, 5) is 0. The van der Waals surface area contributed by atoms with Gasteiger partial charge in [0.25, 0.3) is 0 Å². The van der Waals surface area contributed by atoms with E-state index in [4.69, 9.17) is 15.2 Å². The van der Waals surface area contributed by atoms with Crippen LogP contribution in [0.2, 0.25) is 0 Å². The summed E-state index contributed by atoms with van der Waals surface area (Å²) >= 11 is 3.53. The zero-order chi connectivity index (χ0) is 10.8. The van der Waals surface area contributed by atoms with Gasteiger partial charge in [-0.3, -0.25) is 0 Å². The van der Waals surface area contributed by atoms with E-state index in [9.17, 15) is 0 Å².